The first-order valence-electron chi connectivity index (χ1n) is 4.82. The molecule has 2 amide bonds. The lowest BCUT2D eigenvalue weighted by Gasteiger charge is -2.03. The summed E-state index contributed by atoms with van der Waals surface area (Å²) in [6.07, 6.45) is 2.77. The molecule has 4 N–H and O–H groups in total. The zero-order valence-corrected chi connectivity index (χ0v) is 8.29. The Morgan fingerprint density at radius 2 is 1.86 bits per heavy atom. The molecule has 0 atom stereocenters. The summed E-state index contributed by atoms with van der Waals surface area (Å²) in [4.78, 5) is 21.3. The van der Waals surface area contributed by atoms with Gasteiger partial charge in [-0.3, -0.25) is 9.59 Å². The SMILES string of the molecule is NC(=O)CCC(=O)NCCCCCO. The lowest BCUT2D eigenvalue weighted by atomic mass is 10.2. The van der Waals surface area contributed by atoms with Crippen LogP contribution >= 0.6 is 0 Å². The Balaban J connectivity index is 3.22. The van der Waals surface area contributed by atoms with Gasteiger partial charge in [-0.15, -0.1) is 0 Å². The molecule has 0 unspecified atom stereocenters. The summed E-state index contributed by atoms with van der Waals surface area (Å²) in [5, 5.41) is 11.1. The number of carbonyl (C=O) groups is 2. The van der Waals surface area contributed by atoms with Crippen molar-refractivity contribution in [1.82, 2.24) is 5.32 Å². The molecule has 0 heterocycles. The Labute approximate surface area is 83.7 Å². The number of carbonyl (C=O) groups excluding carboxylic acids is 2. The Kier molecular flexibility index (Phi) is 7.83. The summed E-state index contributed by atoms with van der Waals surface area (Å²) in [5.41, 5.74) is 4.89. The van der Waals surface area contributed by atoms with Crippen molar-refractivity contribution in [2.75, 3.05) is 13.2 Å². The molecule has 0 rings (SSSR count). The van der Waals surface area contributed by atoms with E-state index in [-0.39, 0.29) is 25.4 Å². The van der Waals surface area contributed by atoms with E-state index >= 15 is 0 Å². The molecule has 0 aromatic rings. The molecular weight excluding hydrogens is 184 g/mol. The van der Waals surface area contributed by atoms with Gasteiger partial charge in [0.05, 0.1) is 0 Å². The summed E-state index contributed by atoms with van der Waals surface area (Å²) in [5.74, 6) is -0.603. The second kappa shape index (κ2) is 8.50. The van der Waals surface area contributed by atoms with Gasteiger partial charge in [-0.25, -0.2) is 0 Å². The predicted molar refractivity (Wildman–Crippen MR) is 52.4 cm³/mol. The van der Waals surface area contributed by atoms with E-state index in [1.807, 2.05) is 0 Å². The van der Waals surface area contributed by atoms with Crippen LogP contribution in [0.3, 0.4) is 0 Å². The first-order valence-corrected chi connectivity index (χ1v) is 4.82. The molecule has 0 aliphatic heterocycles. The third-order valence-corrected chi connectivity index (χ3v) is 1.76. The van der Waals surface area contributed by atoms with E-state index in [0.717, 1.165) is 19.3 Å². The Hall–Kier alpha value is -1.10. The Bertz CT molecular complexity index is 183. The molecule has 0 bridgehead atoms. The number of rotatable bonds is 8. The topological polar surface area (TPSA) is 92.4 Å². The highest BCUT2D eigenvalue weighted by Gasteiger charge is 2.02. The third-order valence-electron chi connectivity index (χ3n) is 1.76. The van der Waals surface area contributed by atoms with Crippen molar-refractivity contribution in [3.05, 3.63) is 0 Å². The van der Waals surface area contributed by atoms with Crippen molar-refractivity contribution >= 4 is 11.8 Å². The minimum Gasteiger partial charge on any atom is -0.396 e. The van der Waals surface area contributed by atoms with Crippen LogP contribution in [-0.2, 0) is 9.59 Å². The van der Waals surface area contributed by atoms with Crippen LogP contribution in [0.1, 0.15) is 32.1 Å². The largest absolute Gasteiger partial charge is 0.396 e. The van der Waals surface area contributed by atoms with Crippen molar-refractivity contribution in [3.63, 3.8) is 0 Å². The molecule has 0 spiro atoms. The van der Waals surface area contributed by atoms with Gasteiger partial charge in [0.15, 0.2) is 0 Å². The van der Waals surface area contributed by atoms with E-state index in [9.17, 15) is 9.59 Å². The van der Waals surface area contributed by atoms with Gasteiger partial charge in [0.1, 0.15) is 0 Å². The third kappa shape index (κ3) is 8.99. The molecule has 0 aromatic heterocycles. The standard InChI is InChI=1S/C9H18N2O3/c10-8(13)4-5-9(14)11-6-2-1-3-7-12/h12H,1-7H2,(H2,10,13)(H,11,14). The number of nitrogens with one attached hydrogen (secondary N) is 1. The zero-order valence-electron chi connectivity index (χ0n) is 8.29. The van der Waals surface area contributed by atoms with Crippen LogP contribution in [0, 0.1) is 0 Å². The Morgan fingerprint density at radius 1 is 1.14 bits per heavy atom. The van der Waals surface area contributed by atoms with Crippen LogP contribution in [-0.4, -0.2) is 30.1 Å². The van der Waals surface area contributed by atoms with E-state index in [2.05, 4.69) is 5.32 Å². The summed E-state index contributed by atoms with van der Waals surface area (Å²) in [6.45, 7) is 0.785. The van der Waals surface area contributed by atoms with Crippen molar-refractivity contribution in [3.8, 4) is 0 Å². The molecular formula is C9H18N2O3. The van der Waals surface area contributed by atoms with Crippen LogP contribution in [0.25, 0.3) is 0 Å². The predicted octanol–water partition coefficient (Wildman–Crippen LogP) is -0.469. The molecule has 0 saturated carbocycles. The molecule has 0 aromatic carbocycles. The van der Waals surface area contributed by atoms with Crippen molar-refractivity contribution in [1.29, 1.82) is 0 Å². The fraction of sp³-hybridized carbons (Fsp3) is 0.778. The maximum absolute atomic E-state index is 11.0. The van der Waals surface area contributed by atoms with Crippen LogP contribution in [0.5, 0.6) is 0 Å². The minimum absolute atomic E-state index is 0.0997. The van der Waals surface area contributed by atoms with Crippen molar-refractivity contribution < 1.29 is 14.7 Å². The minimum atomic E-state index is -0.458. The molecule has 14 heavy (non-hydrogen) atoms. The van der Waals surface area contributed by atoms with Gasteiger partial charge >= 0.3 is 0 Å². The van der Waals surface area contributed by atoms with E-state index in [1.165, 1.54) is 0 Å². The maximum atomic E-state index is 11.0. The summed E-state index contributed by atoms with van der Waals surface area (Å²) >= 11 is 0. The average molecular weight is 202 g/mol. The smallest absolute Gasteiger partial charge is 0.220 e. The number of amides is 2. The second-order valence-electron chi connectivity index (χ2n) is 3.10. The first kappa shape index (κ1) is 12.9. The van der Waals surface area contributed by atoms with Crippen molar-refractivity contribution in [2.24, 2.45) is 5.73 Å². The molecule has 82 valence electrons. The van der Waals surface area contributed by atoms with E-state index in [1.54, 1.807) is 0 Å². The quantitative estimate of drug-likeness (QED) is 0.465. The number of aliphatic hydroxyl groups is 1. The number of hydrogen-bond donors (Lipinski definition) is 3. The number of unbranched alkanes of at least 4 members (excludes halogenated alkanes) is 2. The molecule has 0 aliphatic rings. The number of primary amides is 1. The van der Waals surface area contributed by atoms with Crippen LogP contribution in [0.15, 0.2) is 0 Å². The number of aliphatic hydroxyl groups excluding tert-OH is 1. The number of nitrogens with two attached hydrogens (primary N) is 1. The van der Waals surface area contributed by atoms with Gasteiger partial charge in [0, 0.05) is 26.0 Å². The van der Waals surface area contributed by atoms with Crippen LogP contribution < -0.4 is 11.1 Å². The van der Waals surface area contributed by atoms with Crippen molar-refractivity contribution in [2.45, 2.75) is 32.1 Å². The first-order chi connectivity index (χ1) is 6.66. The highest BCUT2D eigenvalue weighted by molar-refractivity contribution is 5.82. The number of hydrogen-bond acceptors (Lipinski definition) is 3. The van der Waals surface area contributed by atoms with Gasteiger partial charge in [-0.05, 0) is 19.3 Å². The van der Waals surface area contributed by atoms with Crippen LogP contribution in [0.4, 0.5) is 0 Å². The van der Waals surface area contributed by atoms with E-state index < -0.39 is 5.91 Å². The van der Waals surface area contributed by atoms with Gasteiger partial charge in [-0.1, -0.05) is 0 Å². The van der Waals surface area contributed by atoms with E-state index in [0.29, 0.717) is 6.54 Å². The highest BCUT2D eigenvalue weighted by Crippen LogP contribution is 1.93. The molecule has 0 radical (unpaired) electrons. The molecule has 0 aliphatic carbocycles. The van der Waals surface area contributed by atoms with Gasteiger partial charge in [0.25, 0.3) is 0 Å². The highest BCUT2D eigenvalue weighted by atomic mass is 16.2. The lowest BCUT2D eigenvalue weighted by molar-refractivity contribution is -0.125. The second-order valence-corrected chi connectivity index (χ2v) is 3.10. The fourth-order valence-electron chi connectivity index (χ4n) is 0.967. The normalized spacial score (nSPS) is 9.79. The zero-order chi connectivity index (χ0) is 10.8. The Morgan fingerprint density at radius 3 is 2.43 bits per heavy atom. The average Bonchev–Trinajstić information content (AvgIpc) is 2.14. The molecule has 0 fully saturated rings. The van der Waals surface area contributed by atoms with Gasteiger partial charge < -0.3 is 16.2 Å². The molecule has 5 heteroatoms. The maximum Gasteiger partial charge on any atom is 0.220 e. The summed E-state index contributed by atoms with van der Waals surface area (Å²) < 4.78 is 0. The van der Waals surface area contributed by atoms with Gasteiger partial charge in [-0.2, -0.15) is 0 Å². The fourth-order valence-corrected chi connectivity index (χ4v) is 0.967. The molecule has 0 saturated heterocycles. The summed E-state index contributed by atoms with van der Waals surface area (Å²) in [6, 6.07) is 0. The van der Waals surface area contributed by atoms with E-state index in [4.69, 9.17) is 10.8 Å². The lowest BCUT2D eigenvalue weighted by Crippen LogP contribution is -2.25. The monoisotopic (exact) mass is 202 g/mol. The van der Waals surface area contributed by atoms with Gasteiger partial charge in [0.2, 0.25) is 11.8 Å². The molecule has 5 nitrogen and oxygen atoms in total. The summed E-state index contributed by atoms with van der Waals surface area (Å²) in [7, 11) is 0. The van der Waals surface area contributed by atoms with Crippen LogP contribution in [0.2, 0.25) is 0 Å².